The van der Waals surface area contributed by atoms with Crippen LogP contribution in [0.2, 0.25) is 0 Å². The second-order valence-electron chi connectivity index (χ2n) is 4.74. The van der Waals surface area contributed by atoms with Crippen molar-refractivity contribution in [1.29, 1.82) is 0 Å². The molecule has 0 spiro atoms. The minimum Gasteiger partial charge on any atom is -0.454 e. The molecule has 0 fully saturated rings. The van der Waals surface area contributed by atoms with Crippen molar-refractivity contribution in [2.75, 3.05) is 12.5 Å². The van der Waals surface area contributed by atoms with E-state index in [0.29, 0.717) is 33.8 Å². The zero-order valence-electron chi connectivity index (χ0n) is 11.0. The van der Waals surface area contributed by atoms with Gasteiger partial charge >= 0.3 is 0 Å². The Morgan fingerprint density at radius 1 is 1.00 bits per heavy atom. The highest BCUT2D eigenvalue weighted by molar-refractivity contribution is 5.85. The Hall–Kier alpha value is -2.95. The molecule has 0 saturated heterocycles. The summed E-state index contributed by atoms with van der Waals surface area (Å²) in [6, 6.07) is 12.3. The molecule has 0 unspecified atom stereocenters. The van der Waals surface area contributed by atoms with Crippen LogP contribution in [0.4, 0.5) is 5.69 Å². The normalized spacial score (nSPS) is 12.8. The molecule has 1 aromatic heterocycles. The molecule has 0 bridgehead atoms. The molecule has 21 heavy (non-hydrogen) atoms. The van der Waals surface area contributed by atoms with Crippen LogP contribution in [-0.4, -0.2) is 6.79 Å². The lowest BCUT2D eigenvalue weighted by molar-refractivity contribution is 0.174. The maximum atomic E-state index is 12.3. The number of benzene rings is 2. The highest BCUT2D eigenvalue weighted by atomic mass is 16.7. The summed E-state index contributed by atoms with van der Waals surface area (Å²) in [4.78, 5) is 12.3. The first-order valence-corrected chi connectivity index (χ1v) is 6.45. The average molecular weight is 281 g/mol. The van der Waals surface area contributed by atoms with Gasteiger partial charge in [0, 0.05) is 5.56 Å². The van der Waals surface area contributed by atoms with Gasteiger partial charge in [-0.05, 0) is 30.3 Å². The van der Waals surface area contributed by atoms with Crippen molar-refractivity contribution in [2.24, 2.45) is 0 Å². The molecule has 5 nitrogen and oxygen atoms in total. The number of nitrogens with two attached hydrogens (primary N) is 1. The summed E-state index contributed by atoms with van der Waals surface area (Å²) in [6.45, 7) is 0.190. The third kappa shape index (κ3) is 1.74. The van der Waals surface area contributed by atoms with E-state index in [2.05, 4.69) is 0 Å². The van der Waals surface area contributed by atoms with Gasteiger partial charge in [0.2, 0.25) is 12.2 Å². The van der Waals surface area contributed by atoms with Gasteiger partial charge in [0.1, 0.15) is 11.3 Å². The van der Waals surface area contributed by atoms with Gasteiger partial charge in [-0.2, -0.15) is 0 Å². The summed E-state index contributed by atoms with van der Waals surface area (Å²) in [5.41, 5.74) is 6.99. The summed E-state index contributed by atoms with van der Waals surface area (Å²) in [5.74, 6) is 1.63. The second-order valence-corrected chi connectivity index (χ2v) is 4.74. The Morgan fingerprint density at radius 2 is 1.81 bits per heavy atom. The van der Waals surface area contributed by atoms with E-state index in [1.165, 1.54) is 0 Å². The van der Waals surface area contributed by atoms with Gasteiger partial charge in [-0.15, -0.1) is 0 Å². The van der Waals surface area contributed by atoms with Gasteiger partial charge < -0.3 is 19.6 Å². The van der Waals surface area contributed by atoms with E-state index >= 15 is 0 Å². The van der Waals surface area contributed by atoms with Crippen molar-refractivity contribution in [3.05, 3.63) is 52.7 Å². The highest BCUT2D eigenvalue weighted by Crippen LogP contribution is 2.37. The van der Waals surface area contributed by atoms with E-state index in [1.54, 1.807) is 36.4 Å². The molecular weight excluding hydrogens is 270 g/mol. The minimum absolute atomic E-state index is 0.0903. The first-order valence-electron chi connectivity index (χ1n) is 6.45. The van der Waals surface area contributed by atoms with Gasteiger partial charge in [0.15, 0.2) is 17.3 Å². The molecular formula is C16H11NO4. The Bertz CT molecular complexity index is 914. The predicted octanol–water partition coefficient (Wildman–Crippen LogP) is 2.77. The van der Waals surface area contributed by atoms with E-state index < -0.39 is 0 Å². The van der Waals surface area contributed by atoms with Crippen molar-refractivity contribution >= 4 is 16.7 Å². The number of rotatable bonds is 1. The van der Waals surface area contributed by atoms with Crippen LogP contribution >= 0.6 is 0 Å². The number of anilines is 1. The summed E-state index contributed by atoms with van der Waals surface area (Å²) in [7, 11) is 0. The molecule has 0 amide bonds. The van der Waals surface area contributed by atoms with Crippen molar-refractivity contribution in [3.63, 3.8) is 0 Å². The fourth-order valence-electron chi connectivity index (χ4n) is 2.41. The van der Waals surface area contributed by atoms with Crippen LogP contribution in [0.25, 0.3) is 22.3 Å². The SMILES string of the molecule is Nc1c(-c2ccc3c(c2)OCO3)oc2ccccc2c1=O. The summed E-state index contributed by atoms with van der Waals surface area (Å²) in [6.07, 6.45) is 0. The zero-order valence-corrected chi connectivity index (χ0v) is 11.0. The molecule has 0 aliphatic carbocycles. The Morgan fingerprint density at radius 3 is 2.71 bits per heavy atom. The Kier molecular flexibility index (Phi) is 2.41. The van der Waals surface area contributed by atoms with Crippen molar-refractivity contribution < 1.29 is 13.9 Å². The lowest BCUT2D eigenvalue weighted by Crippen LogP contribution is -2.09. The fraction of sp³-hybridized carbons (Fsp3) is 0.0625. The lowest BCUT2D eigenvalue weighted by atomic mass is 10.1. The zero-order chi connectivity index (χ0) is 14.4. The van der Waals surface area contributed by atoms with Crippen molar-refractivity contribution in [1.82, 2.24) is 0 Å². The third-order valence-electron chi connectivity index (χ3n) is 3.47. The first-order chi connectivity index (χ1) is 10.2. The predicted molar refractivity (Wildman–Crippen MR) is 78.5 cm³/mol. The molecule has 2 N–H and O–H groups in total. The van der Waals surface area contributed by atoms with E-state index in [0.717, 1.165) is 0 Å². The van der Waals surface area contributed by atoms with Crippen LogP contribution in [0.15, 0.2) is 51.7 Å². The summed E-state index contributed by atoms with van der Waals surface area (Å²) in [5, 5.41) is 0.472. The average Bonchev–Trinajstić information content (AvgIpc) is 2.98. The second kappa shape index (κ2) is 4.28. The van der Waals surface area contributed by atoms with Gasteiger partial charge in [-0.3, -0.25) is 4.79 Å². The van der Waals surface area contributed by atoms with E-state index in [9.17, 15) is 4.79 Å². The number of ether oxygens (including phenoxy) is 2. The van der Waals surface area contributed by atoms with Gasteiger partial charge in [-0.25, -0.2) is 0 Å². The van der Waals surface area contributed by atoms with Crippen LogP contribution in [0.5, 0.6) is 11.5 Å². The Labute approximate surface area is 119 Å². The molecule has 0 radical (unpaired) electrons. The van der Waals surface area contributed by atoms with Crippen molar-refractivity contribution in [3.8, 4) is 22.8 Å². The van der Waals surface area contributed by atoms with Crippen molar-refractivity contribution in [2.45, 2.75) is 0 Å². The number of nitrogen functional groups attached to an aromatic ring is 1. The molecule has 2 heterocycles. The van der Waals surface area contributed by atoms with E-state index in [1.807, 2.05) is 6.07 Å². The fourth-order valence-corrected chi connectivity index (χ4v) is 2.41. The minimum atomic E-state index is -0.232. The molecule has 0 atom stereocenters. The maximum Gasteiger partial charge on any atom is 0.231 e. The molecule has 2 aromatic carbocycles. The molecule has 4 rings (SSSR count). The topological polar surface area (TPSA) is 74.7 Å². The van der Waals surface area contributed by atoms with Crippen LogP contribution in [-0.2, 0) is 0 Å². The number of hydrogen-bond acceptors (Lipinski definition) is 5. The first kappa shape index (κ1) is 11.8. The smallest absolute Gasteiger partial charge is 0.231 e. The third-order valence-corrected chi connectivity index (χ3v) is 3.47. The molecule has 3 aromatic rings. The van der Waals surface area contributed by atoms with E-state index in [-0.39, 0.29) is 17.9 Å². The Balaban J connectivity index is 1.98. The molecule has 1 aliphatic rings. The van der Waals surface area contributed by atoms with Gasteiger partial charge in [0.25, 0.3) is 0 Å². The molecule has 1 aliphatic heterocycles. The number of para-hydroxylation sites is 1. The quantitative estimate of drug-likeness (QED) is 0.742. The molecule has 0 saturated carbocycles. The van der Waals surface area contributed by atoms with Gasteiger partial charge in [0.05, 0.1) is 5.39 Å². The monoisotopic (exact) mass is 281 g/mol. The van der Waals surface area contributed by atoms with E-state index in [4.69, 9.17) is 19.6 Å². The summed E-state index contributed by atoms with van der Waals surface area (Å²) >= 11 is 0. The van der Waals surface area contributed by atoms with Crippen LogP contribution in [0.3, 0.4) is 0 Å². The van der Waals surface area contributed by atoms with Crippen LogP contribution in [0, 0.1) is 0 Å². The molecule has 104 valence electrons. The number of hydrogen-bond donors (Lipinski definition) is 1. The maximum absolute atomic E-state index is 12.3. The number of fused-ring (bicyclic) bond motifs is 2. The van der Waals surface area contributed by atoms with Crippen LogP contribution < -0.4 is 20.6 Å². The highest BCUT2D eigenvalue weighted by Gasteiger charge is 2.18. The largest absolute Gasteiger partial charge is 0.454 e. The van der Waals surface area contributed by atoms with Gasteiger partial charge in [-0.1, -0.05) is 12.1 Å². The standard InChI is InChI=1S/C16H11NO4/c17-14-15(18)10-3-1-2-4-11(10)21-16(14)9-5-6-12-13(7-9)20-8-19-12/h1-7H,8,17H2. The summed E-state index contributed by atoms with van der Waals surface area (Å²) < 4.78 is 16.4. The molecule has 5 heteroatoms. The van der Waals surface area contributed by atoms with Crippen LogP contribution in [0.1, 0.15) is 0 Å². The lowest BCUT2D eigenvalue weighted by Gasteiger charge is -2.07.